The molecule has 0 atom stereocenters. The molecule has 0 aromatic heterocycles. The van der Waals surface area contributed by atoms with Crippen molar-refractivity contribution in [3.05, 3.63) is 32.2 Å². The van der Waals surface area contributed by atoms with E-state index in [1.54, 1.807) is 12.1 Å². The van der Waals surface area contributed by atoms with Crippen molar-refractivity contribution in [3.63, 3.8) is 0 Å². The van der Waals surface area contributed by atoms with E-state index in [1.165, 1.54) is 0 Å². The lowest BCUT2D eigenvalue weighted by Crippen LogP contribution is -2.11. The molecular weight excluding hydrogens is 298 g/mol. The molecule has 0 saturated heterocycles. The lowest BCUT2D eigenvalue weighted by Gasteiger charge is -2.04. The predicted octanol–water partition coefficient (Wildman–Crippen LogP) is 3.46. The van der Waals surface area contributed by atoms with Gasteiger partial charge in [0.2, 0.25) is 0 Å². The first-order valence-corrected chi connectivity index (χ1v) is 4.56. The van der Waals surface area contributed by atoms with E-state index in [0.29, 0.717) is 20.1 Å². The van der Waals surface area contributed by atoms with Crippen molar-refractivity contribution in [2.45, 2.75) is 0 Å². The molecule has 0 spiro atoms. The molecule has 1 aromatic carbocycles. The van der Waals surface area contributed by atoms with Gasteiger partial charge in [-0.15, -0.1) is 12.4 Å². The van der Waals surface area contributed by atoms with Gasteiger partial charge in [0.1, 0.15) is 5.84 Å². The van der Waals surface area contributed by atoms with Gasteiger partial charge in [0.25, 0.3) is 0 Å². The lowest BCUT2D eigenvalue weighted by molar-refractivity contribution is 1.41. The fourth-order valence-corrected chi connectivity index (χ4v) is 1.69. The first-order chi connectivity index (χ1) is 5.52. The number of nitrogens with two attached hydrogens (primary N) is 1. The molecule has 13 heavy (non-hydrogen) atoms. The van der Waals surface area contributed by atoms with E-state index >= 15 is 0 Å². The Balaban J connectivity index is 0.00000144. The molecule has 0 radical (unpaired) electrons. The van der Waals surface area contributed by atoms with Gasteiger partial charge in [-0.25, -0.2) is 0 Å². The quantitative estimate of drug-likeness (QED) is 0.466. The third kappa shape index (κ3) is 3.02. The highest BCUT2D eigenvalue weighted by atomic mass is 79.9. The molecule has 72 valence electrons. The molecule has 0 unspecified atom stereocenters. The van der Waals surface area contributed by atoms with Crippen LogP contribution in [0.3, 0.4) is 0 Å². The molecule has 0 aliphatic rings. The zero-order valence-electron chi connectivity index (χ0n) is 6.27. The minimum Gasteiger partial charge on any atom is -0.384 e. The van der Waals surface area contributed by atoms with Crippen LogP contribution in [0.4, 0.5) is 0 Å². The molecule has 2 nitrogen and oxygen atoms in total. The fraction of sp³-hybridized carbons (Fsp3) is 0. The van der Waals surface area contributed by atoms with Crippen LogP contribution in [0.25, 0.3) is 0 Å². The predicted molar refractivity (Wildman–Crippen MR) is 62.4 cm³/mol. The number of nitrogen functional groups attached to an aromatic ring is 1. The molecule has 0 aliphatic heterocycles. The number of halogens is 4. The summed E-state index contributed by atoms with van der Waals surface area (Å²) in [6.45, 7) is 0. The summed E-state index contributed by atoms with van der Waals surface area (Å²) in [4.78, 5) is 0. The van der Waals surface area contributed by atoms with E-state index in [9.17, 15) is 0 Å². The van der Waals surface area contributed by atoms with Crippen molar-refractivity contribution in [2.75, 3.05) is 0 Å². The highest BCUT2D eigenvalue weighted by Gasteiger charge is 2.08. The normalized spacial score (nSPS) is 9.15. The molecule has 3 N–H and O–H groups in total. The van der Waals surface area contributed by atoms with Crippen LogP contribution in [0.15, 0.2) is 16.6 Å². The standard InChI is InChI=1S/C7H5BrCl2N2.ClH/c8-6-4(7(11)12)1-3(9)2-5(6)10;/h1-2H,(H3,11,12);1H. The molecule has 0 heterocycles. The van der Waals surface area contributed by atoms with Crippen molar-refractivity contribution < 1.29 is 0 Å². The summed E-state index contributed by atoms with van der Waals surface area (Å²) in [7, 11) is 0. The average molecular weight is 304 g/mol. The van der Waals surface area contributed by atoms with Crippen LogP contribution in [0.5, 0.6) is 0 Å². The van der Waals surface area contributed by atoms with E-state index in [1.807, 2.05) is 0 Å². The number of hydrogen-bond donors (Lipinski definition) is 2. The van der Waals surface area contributed by atoms with Gasteiger partial charge >= 0.3 is 0 Å². The maximum Gasteiger partial charge on any atom is 0.124 e. The highest BCUT2D eigenvalue weighted by molar-refractivity contribution is 9.10. The zero-order chi connectivity index (χ0) is 9.30. The van der Waals surface area contributed by atoms with Gasteiger partial charge in [-0.2, -0.15) is 0 Å². The van der Waals surface area contributed by atoms with Gasteiger partial charge in [0, 0.05) is 15.1 Å². The minimum absolute atomic E-state index is 0. The van der Waals surface area contributed by atoms with Gasteiger partial charge in [0.05, 0.1) is 5.02 Å². The van der Waals surface area contributed by atoms with Crippen LogP contribution < -0.4 is 5.73 Å². The van der Waals surface area contributed by atoms with E-state index < -0.39 is 0 Å². The summed E-state index contributed by atoms with van der Waals surface area (Å²) in [5, 5.41) is 8.12. The number of hydrogen-bond acceptors (Lipinski definition) is 1. The fourth-order valence-electron chi connectivity index (χ4n) is 0.752. The maximum atomic E-state index is 7.20. The molecule has 0 fully saturated rings. The van der Waals surface area contributed by atoms with Crippen molar-refractivity contribution in [1.29, 1.82) is 5.41 Å². The van der Waals surface area contributed by atoms with Crippen molar-refractivity contribution >= 4 is 57.4 Å². The average Bonchev–Trinajstić information content (AvgIpc) is 1.96. The van der Waals surface area contributed by atoms with Crippen LogP contribution in [-0.2, 0) is 0 Å². The van der Waals surface area contributed by atoms with E-state index in [4.69, 9.17) is 34.3 Å². The molecule has 0 amide bonds. The Morgan fingerprint density at radius 3 is 2.38 bits per heavy atom. The lowest BCUT2D eigenvalue weighted by atomic mass is 10.2. The molecule has 1 rings (SSSR count). The first kappa shape index (κ1) is 13.0. The maximum absolute atomic E-state index is 7.20. The Morgan fingerprint density at radius 2 is 1.92 bits per heavy atom. The van der Waals surface area contributed by atoms with Gasteiger partial charge in [-0.3, -0.25) is 5.41 Å². The Bertz CT molecular complexity index is 341. The SMILES string of the molecule is Cl.N=C(N)c1cc(Cl)cc(Cl)c1Br. The second-order valence-corrected chi connectivity index (χ2v) is 3.80. The third-order valence-electron chi connectivity index (χ3n) is 1.28. The summed E-state index contributed by atoms with van der Waals surface area (Å²) < 4.78 is 0.598. The Morgan fingerprint density at radius 1 is 1.38 bits per heavy atom. The summed E-state index contributed by atoms with van der Waals surface area (Å²) in [5.41, 5.74) is 5.80. The second-order valence-electron chi connectivity index (χ2n) is 2.16. The summed E-state index contributed by atoms with van der Waals surface area (Å²) in [5.74, 6) is -0.0636. The van der Waals surface area contributed by atoms with Crippen LogP contribution in [0, 0.1) is 5.41 Å². The molecule has 1 aromatic rings. The Hall–Kier alpha value is 0.0400. The van der Waals surface area contributed by atoms with Crippen LogP contribution in [0.2, 0.25) is 10.0 Å². The number of amidine groups is 1. The van der Waals surface area contributed by atoms with E-state index in [-0.39, 0.29) is 18.2 Å². The molecule has 0 aliphatic carbocycles. The van der Waals surface area contributed by atoms with E-state index in [0.717, 1.165) is 0 Å². The third-order valence-corrected chi connectivity index (χ3v) is 2.88. The number of nitrogens with one attached hydrogen (secondary N) is 1. The number of rotatable bonds is 1. The van der Waals surface area contributed by atoms with Gasteiger partial charge in [0.15, 0.2) is 0 Å². The Kier molecular flexibility index (Phi) is 5.07. The summed E-state index contributed by atoms with van der Waals surface area (Å²) in [6.07, 6.45) is 0. The topological polar surface area (TPSA) is 49.9 Å². The zero-order valence-corrected chi connectivity index (χ0v) is 10.2. The van der Waals surface area contributed by atoms with Crippen molar-refractivity contribution in [3.8, 4) is 0 Å². The van der Waals surface area contributed by atoms with Crippen LogP contribution in [-0.4, -0.2) is 5.84 Å². The summed E-state index contributed by atoms with van der Waals surface area (Å²) >= 11 is 14.7. The van der Waals surface area contributed by atoms with Crippen molar-refractivity contribution in [1.82, 2.24) is 0 Å². The Labute approximate surface area is 100 Å². The molecule has 0 bridgehead atoms. The monoisotopic (exact) mass is 302 g/mol. The van der Waals surface area contributed by atoms with Gasteiger partial charge < -0.3 is 5.73 Å². The molecular formula is C7H6BrCl3N2. The molecule has 0 saturated carbocycles. The molecule has 6 heteroatoms. The first-order valence-electron chi connectivity index (χ1n) is 3.01. The highest BCUT2D eigenvalue weighted by Crippen LogP contribution is 2.29. The van der Waals surface area contributed by atoms with Crippen LogP contribution in [0.1, 0.15) is 5.56 Å². The van der Waals surface area contributed by atoms with Gasteiger partial charge in [-0.1, -0.05) is 23.2 Å². The van der Waals surface area contributed by atoms with Crippen molar-refractivity contribution in [2.24, 2.45) is 5.73 Å². The second kappa shape index (κ2) is 5.05. The minimum atomic E-state index is -0.0636. The van der Waals surface area contributed by atoms with E-state index in [2.05, 4.69) is 15.9 Å². The largest absolute Gasteiger partial charge is 0.384 e. The van der Waals surface area contributed by atoms with Gasteiger partial charge in [-0.05, 0) is 28.1 Å². The van der Waals surface area contributed by atoms with Crippen LogP contribution >= 0.6 is 51.5 Å². The number of benzene rings is 1. The summed E-state index contributed by atoms with van der Waals surface area (Å²) in [6, 6.07) is 3.17. The smallest absolute Gasteiger partial charge is 0.124 e.